The summed E-state index contributed by atoms with van der Waals surface area (Å²) in [5, 5.41) is 2.67. The van der Waals surface area contributed by atoms with Gasteiger partial charge in [0.05, 0.1) is 5.56 Å². The van der Waals surface area contributed by atoms with Crippen LogP contribution in [0.2, 0.25) is 0 Å². The average Bonchev–Trinajstić information content (AvgIpc) is 2.92. The van der Waals surface area contributed by atoms with Crippen molar-refractivity contribution in [3.05, 3.63) is 45.5 Å². The Labute approximate surface area is 125 Å². The molecule has 4 rings (SSSR count). The number of anilines is 1. The zero-order valence-corrected chi connectivity index (χ0v) is 11.8. The Morgan fingerprint density at radius 1 is 1.23 bits per heavy atom. The van der Waals surface area contributed by atoms with E-state index >= 15 is 0 Å². The fourth-order valence-corrected chi connectivity index (χ4v) is 2.90. The van der Waals surface area contributed by atoms with E-state index in [-0.39, 0.29) is 30.6 Å². The summed E-state index contributed by atoms with van der Waals surface area (Å²) in [7, 11) is 0. The van der Waals surface area contributed by atoms with Gasteiger partial charge in [-0.1, -0.05) is 6.07 Å². The Kier molecular flexibility index (Phi) is 2.69. The molecule has 7 heteroatoms. The van der Waals surface area contributed by atoms with Crippen LogP contribution in [0.1, 0.15) is 29.3 Å². The van der Waals surface area contributed by atoms with Gasteiger partial charge in [0.25, 0.3) is 5.56 Å². The minimum Gasteiger partial charge on any atom is -0.454 e. The van der Waals surface area contributed by atoms with Crippen LogP contribution in [0.4, 0.5) is 5.82 Å². The Balaban J connectivity index is 1.87. The molecule has 0 saturated carbocycles. The number of aromatic nitrogens is 2. The number of H-pyrrole nitrogens is 1. The lowest BCUT2D eigenvalue weighted by molar-refractivity contribution is -0.116. The molecule has 112 valence electrons. The van der Waals surface area contributed by atoms with E-state index < -0.39 is 0 Å². The highest BCUT2D eigenvalue weighted by Gasteiger charge is 2.31. The highest BCUT2D eigenvalue weighted by molar-refractivity contribution is 5.94. The van der Waals surface area contributed by atoms with Gasteiger partial charge in [-0.2, -0.15) is 0 Å². The van der Waals surface area contributed by atoms with Gasteiger partial charge in [0.2, 0.25) is 12.7 Å². The topological polar surface area (TPSA) is 93.3 Å². The van der Waals surface area contributed by atoms with E-state index in [0.717, 1.165) is 5.56 Å². The number of hydrogen-bond donors (Lipinski definition) is 2. The molecule has 2 aromatic rings. The third-order valence-electron chi connectivity index (χ3n) is 3.87. The number of rotatable bonds is 1. The molecule has 0 saturated heterocycles. The van der Waals surface area contributed by atoms with Gasteiger partial charge < -0.3 is 19.8 Å². The molecule has 3 heterocycles. The number of aromatic amines is 1. The minimum atomic E-state index is -0.352. The van der Waals surface area contributed by atoms with E-state index in [1.165, 1.54) is 0 Å². The van der Waals surface area contributed by atoms with Crippen LogP contribution < -0.4 is 20.3 Å². The molecule has 0 radical (unpaired) electrons. The minimum absolute atomic E-state index is 0.160. The van der Waals surface area contributed by atoms with Crippen molar-refractivity contribution >= 4 is 11.7 Å². The number of hydrogen-bond acceptors (Lipinski definition) is 5. The largest absolute Gasteiger partial charge is 0.454 e. The molecule has 0 aliphatic carbocycles. The zero-order chi connectivity index (χ0) is 15.3. The van der Waals surface area contributed by atoms with E-state index in [9.17, 15) is 9.59 Å². The first kappa shape index (κ1) is 12.9. The summed E-state index contributed by atoms with van der Waals surface area (Å²) in [5.74, 6) is 1.58. The lowest BCUT2D eigenvalue weighted by Gasteiger charge is -2.24. The molecular formula is C15H13N3O4. The molecule has 1 aromatic carbocycles. The second kappa shape index (κ2) is 4.59. The van der Waals surface area contributed by atoms with Crippen LogP contribution >= 0.6 is 0 Å². The molecule has 0 spiro atoms. The number of fused-ring (bicyclic) bond motifs is 2. The highest BCUT2D eigenvalue weighted by Crippen LogP contribution is 2.39. The molecule has 0 fully saturated rings. The quantitative estimate of drug-likeness (QED) is 0.827. The fourth-order valence-electron chi connectivity index (χ4n) is 2.90. The number of aryl methyl sites for hydroxylation is 1. The van der Waals surface area contributed by atoms with Crippen molar-refractivity contribution < 1.29 is 14.3 Å². The van der Waals surface area contributed by atoms with Gasteiger partial charge in [-0.15, -0.1) is 0 Å². The lowest BCUT2D eigenvalue weighted by Crippen LogP contribution is -2.31. The van der Waals surface area contributed by atoms with E-state index in [2.05, 4.69) is 15.3 Å². The van der Waals surface area contributed by atoms with Crippen molar-refractivity contribution in [1.82, 2.24) is 9.97 Å². The number of nitrogens with one attached hydrogen (secondary N) is 2. The number of ether oxygens (including phenoxy) is 2. The van der Waals surface area contributed by atoms with Crippen molar-refractivity contribution in [2.75, 3.05) is 12.1 Å². The van der Waals surface area contributed by atoms with Crippen LogP contribution in [0.25, 0.3) is 0 Å². The van der Waals surface area contributed by atoms with Crippen molar-refractivity contribution in [1.29, 1.82) is 0 Å². The smallest absolute Gasteiger partial charge is 0.256 e. The monoisotopic (exact) mass is 299 g/mol. The summed E-state index contributed by atoms with van der Waals surface area (Å²) in [6, 6.07) is 5.45. The van der Waals surface area contributed by atoms with E-state index in [1.807, 2.05) is 12.1 Å². The number of carbonyl (C=O) groups excluding carboxylic acids is 1. The Morgan fingerprint density at radius 3 is 2.91 bits per heavy atom. The average molecular weight is 299 g/mol. The maximum atomic E-state index is 12.3. The molecule has 1 aromatic heterocycles. The number of amides is 1. The van der Waals surface area contributed by atoms with E-state index in [4.69, 9.17) is 9.47 Å². The number of benzene rings is 1. The van der Waals surface area contributed by atoms with Gasteiger partial charge in [0.15, 0.2) is 11.5 Å². The summed E-state index contributed by atoms with van der Waals surface area (Å²) in [5.41, 5.74) is 1.07. The van der Waals surface area contributed by atoms with Crippen molar-refractivity contribution in [2.45, 2.75) is 19.3 Å². The maximum absolute atomic E-state index is 12.3. The van der Waals surface area contributed by atoms with Gasteiger partial charge in [-0.25, -0.2) is 4.98 Å². The van der Waals surface area contributed by atoms with Gasteiger partial charge in [0, 0.05) is 12.3 Å². The molecule has 1 atom stereocenters. The Hall–Kier alpha value is -2.83. The van der Waals surface area contributed by atoms with Crippen molar-refractivity contribution in [3.8, 4) is 11.5 Å². The first-order valence-corrected chi connectivity index (χ1v) is 6.92. The third-order valence-corrected chi connectivity index (χ3v) is 3.87. The maximum Gasteiger partial charge on any atom is 0.256 e. The highest BCUT2D eigenvalue weighted by atomic mass is 16.7. The summed E-state index contributed by atoms with van der Waals surface area (Å²) in [4.78, 5) is 31.2. The summed E-state index contributed by atoms with van der Waals surface area (Å²) >= 11 is 0. The first-order chi connectivity index (χ1) is 10.6. The second-order valence-electron chi connectivity index (χ2n) is 5.33. The Morgan fingerprint density at radius 2 is 2.05 bits per heavy atom. The van der Waals surface area contributed by atoms with Crippen LogP contribution in [-0.4, -0.2) is 22.7 Å². The summed E-state index contributed by atoms with van der Waals surface area (Å²) in [6.45, 7) is 1.86. The van der Waals surface area contributed by atoms with Crippen LogP contribution in [0.3, 0.4) is 0 Å². The normalized spacial score (nSPS) is 18.8. The van der Waals surface area contributed by atoms with Gasteiger partial charge in [-0.3, -0.25) is 9.59 Å². The summed E-state index contributed by atoms with van der Waals surface area (Å²) < 4.78 is 10.7. The van der Waals surface area contributed by atoms with Crippen molar-refractivity contribution in [2.24, 2.45) is 0 Å². The second-order valence-corrected chi connectivity index (χ2v) is 5.33. The molecular weight excluding hydrogens is 286 g/mol. The van der Waals surface area contributed by atoms with Crippen LogP contribution in [0.5, 0.6) is 11.5 Å². The Bertz CT molecular complexity index is 843. The third kappa shape index (κ3) is 1.93. The molecule has 0 bridgehead atoms. The summed E-state index contributed by atoms with van der Waals surface area (Å²) in [6.07, 6.45) is 0.195. The number of nitrogens with zero attached hydrogens (tertiary/aromatic N) is 1. The van der Waals surface area contributed by atoms with Gasteiger partial charge >= 0.3 is 0 Å². The van der Waals surface area contributed by atoms with Crippen molar-refractivity contribution in [3.63, 3.8) is 0 Å². The molecule has 1 amide bonds. The van der Waals surface area contributed by atoms with Gasteiger partial charge in [-0.05, 0) is 24.6 Å². The molecule has 2 aliphatic heterocycles. The zero-order valence-electron chi connectivity index (χ0n) is 11.8. The van der Waals surface area contributed by atoms with Crippen LogP contribution in [-0.2, 0) is 4.79 Å². The predicted molar refractivity (Wildman–Crippen MR) is 77.2 cm³/mol. The standard InChI is InChI=1S/C15H13N3O4/c1-7-16-14-13(15(20)17-7)9(5-12(19)18-14)8-2-3-10-11(4-8)22-6-21-10/h2-4,9H,5-6H2,1H3,(H2,16,17,18,19,20). The number of carbonyl (C=O) groups is 1. The molecule has 2 N–H and O–H groups in total. The van der Waals surface area contributed by atoms with Crippen LogP contribution in [0, 0.1) is 6.92 Å². The molecule has 2 aliphatic rings. The van der Waals surface area contributed by atoms with Gasteiger partial charge in [0.1, 0.15) is 11.6 Å². The molecule has 1 unspecified atom stereocenters. The predicted octanol–water partition coefficient (Wildman–Crippen LogP) is 1.28. The fraction of sp³-hybridized carbons (Fsp3) is 0.267. The van der Waals surface area contributed by atoms with Crippen LogP contribution in [0.15, 0.2) is 23.0 Å². The molecule has 22 heavy (non-hydrogen) atoms. The molecule has 7 nitrogen and oxygen atoms in total. The van der Waals surface area contributed by atoms with E-state index in [1.54, 1.807) is 13.0 Å². The van der Waals surface area contributed by atoms with E-state index in [0.29, 0.717) is 28.7 Å². The SMILES string of the molecule is Cc1nc2c(c(=O)[nH]1)C(c1ccc3c(c1)OCO3)CC(=O)N2. The lowest BCUT2D eigenvalue weighted by atomic mass is 9.86. The first-order valence-electron chi connectivity index (χ1n) is 6.92.